The number of nitrogens with one attached hydrogen (secondary N) is 1. The van der Waals surface area contributed by atoms with E-state index in [1.165, 1.54) is 4.31 Å². The SMILES string of the molecule is O=C([C@@H]1CCCOC1)N1CC2=C(C1)CN(S(=O)(=O)c1ccc3c(c1)NCCO3)C2. The number of fused-ring (bicyclic) bond motifs is 1. The molecule has 9 heteroatoms. The Bertz CT molecular complexity index is 950. The fourth-order valence-corrected chi connectivity index (χ4v) is 5.95. The zero-order chi connectivity index (χ0) is 20.0. The van der Waals surface area contributed by atoms with Gasteiger partial charge in [-0.3, -0.25) is 4.79 Å². The molecule has 0 radical (unpaired) electrons. The third-order valence-corrected chi connectivity index (χ3v) is 7.87. The first-order chi connectivity index (χ1) is 14.0. The third kappa shape index (κ3) is 3.41. The van der Waals surface area contributed by atoms with Crippen LogP contribution in [0.4, 0.5) is 5.69 Å². The lowest BCUT2D eigenvalue weighted by Gasteiger charge is -2.28. The number of hydrogen-bond donors (Lipinski definition) is 1. The van der Waals surface area contributed by atoms with Crippen LogP contribution in [0.1, 0.15) is 12.8 Å². The standard InChI is InChI=1S/C20H25N3O5S/c24-20(14-2-1-6-27-13-14)22-9-15-11-23(12-16(15)10-22)29(25,26)17-3-4-19-18(8-17)21-5-7-28-19/h3-4,8,14,21H,1-2,5-7,9-13H2/t14-/m1/s1. The average Bonchev–Trinajstić information content (AvgIpc) is 3.33. The molecule has 4 aliphatic rings. The van der Waals surface area contributed by atoms with Crippen LogP contribution >= 0.6 is 0 Å². The van der Waals surface area contributed by atoms with Crippen LogP contribution in [-0.4, -0.2) is 76.1 Å². The van der Waals surface area contributed by atoms with Crippen molar-refractivity contribution in [1.82, 2.24) is 9.21 Å². The first kappa shape index (κ1) is 18.9. The van der Waals surface area contributed by atoms with Gasteiger partial charge in [0, 0.05) is 39.3 Å². The number of nitrogens with zero attached hydrogens (tertiary/aromatic N) is 2. The molecule has 0 aromatic heterocycles. The Hall–Kier alpha value is -2.10. The van der Waals surface area contributed by atoms with Gasteiger partial charge in [-0.05, 0) is 42.2 Å². The van der Waals surface area contributed by atoms with Crippen LogP contribution in [0, 0.1) is 5.92 Å². The quantitative estimate of drug-likeness (QED) is 0.737. The highest BCUT2D eigenvalue weighted by atomic mass is 32.2. The van der Waals surface area contributed by atoms with E-state index in [-0.39, 0.29) is 16.7 Å². The first-order valence-electron chi connectivity index (χ1n) is 10.1. The van der Waals surface area contributed by atoms with Crippen molar-refractivity contribution in [3.05, 3.63) is 29.3 Å². The van der Waals surface area contributed by atoms with E-state index in [1.807, 2.05) is 4.90 Å². The molecule has 1 aromatic carbocycles. The van der Waals surface area contributed by atoms with Crippen molar-refractivity contribution in [2.24, 2.45) is 5.92 Å². The van der Waals surface area contributed by atoms with Gasteiger partial charge in [-0.2, -0.15) is 4.31 Å². The van der Waals surface area contributed by atoms with Crippen molar-refractivity contribution in [1.29, 1.82) is 0 Å². The number of carbonyl (C=O) groups excluding carboxylic acids is 1. The molecule has 1 atom stereocenters. The number of carbonyl (C=O) groups is 1. The van der Waals surface area contributed by atoms with Gasteiger partial charge in [0.05, 0.1) is 23.1 Å². The van der Waals surface area contributed by atoms with Crippen LogP contribution in [0.15, 0.2) is 34.2 Å². The van der Waals surface area contributed by atoms with Crippen molar-refractivity contribution >= 4 is 21.6 Å². The lowest BCUT2D eigenvalue weighted by atomic mass is 10.0. The van der Waals surface area contributed by atoms with E-state index in [2.05, 4.69) is 5.32 Å². The average molecular weight is 420 g/mol. The number of rotatable bonds is 3. The van der Waals surface area contributed by atoms with Gasteiger partial charge in [0.2, 0.25) is 15.9 Å². The van der Waals surface area contributed by atoms with E-state index in [0.29, 0.717) is 57.4 Å². The van der Waals surface area contributed by atoms with Gasteiger partial charge in [0.25, 0.3) is 0 Å². The van der Waals surface area contributed by atoms with Crippen LogP contribution < -0.4 is 10.1 Å². The summed E-state index contributed by atoms with van der Waals surface area (Å²) in [7, 11) is -3.60. The molecule has 0 unspecified atom stereocenters. The molecule has 0 saturated carbocycles. The van der Waals surface area contributed by atoms with Gasteiger partial charge >= 0.3 is 0 Å². The second-order valence-corrected chi connectivity index (χ2v) is 9.96. The Balaban J connectivity index is 1.26. The molecule has 1 fully saturated rings. The molecule has 1 amide bonds. The smallest absolute Gasteiger partial charge is 0.243 e. The number of anilines is 1. The van der Waals surface area contributed by atoms with E-state index in [9.17, 15) is 13.2 Å². The summed E-state index contributed by atoms with van der Waals surface area (Å²) in [6.45, 7) is 4.21. The highest BCUT2D eigenvalue weighted by Gasteiger charge is 2.39. The fourth-order valence-electron chi connectivity index (χ4n) is 4.49. The van der Waals surface area contributed by atoms with Gasteiger partial charge in [-0.15, -0.1) is 0 Å². The maximum Gasteiger partial charge on any atom is 0.243 e. The number of ether oxygens (including phenoxy) is 2. The molecule has 0 bridgehead atoms. The lowest BCUT2D eigenvalue weighted by Crippen LogP contribution is -2.41. The van der Waals surface area contributed by atoms with Crippen molar-refractivity contribution in [3.8, 4) is 5.75 Å². The van der Waals surface area contributed by atoms with Gasteiger partial charge in [-0.1, -0.05) is 0 Å². The molecular weight excluding hydrogens is 394 g/mol. The van der Waals surface area contributed by atoms with E-state index in [0.717, 1.165) is 30.6 Å². The van der Waals surface area contributed by atoms with Crippen LogP contribution in [0.2, 0.25) is 0 Å². The summed E-state index contributed by atoms with van der Waals surface area (Å²) in [6, 6.07) is 4.95. The van der Waals surface area contributed by atoms with Crippen molar-refractivity contribution in [2.45, 2.75) is 17.7 Å². The minimum absolute atomic E-state index is 0.0613. The number of sulfonamides is 1. The van der Waals surface area contributed by atoms with Crippen LogP contribution in [-0.2, 0) is 19.6 Å². The zero-order valence-corrected chi connectivity index (χ0v) is 17.0. The van der Waals surface area contributed by atoms with E-state index >= 15 is 0 Å². The topological polar surface area (TPSA) is 88.2 Å². The molecule has 1 aromatic rings. The maximum absolute atomic E-state index is 13.1. The Morgan fingerprint density at radius 2 is 1.90 bits per heavy atom. The lowest BCUT2D eigenvalue weighted by molar-refractivity contribution is -0.138. The predicted octanol–water partition coefficient (Wildman–Crippen LogP) is 1.06. The molecule has 1 saturated heterocycles. The zero-order valence-electron chi connectivity index (χ0n) is 16.2. The highest BCUT2D eigenvalue weighted by Crippen LogP contribution is 2.34. The molecule has 156 valence electrons. The predicted molar refractivity (Wildman–Crippen MR) is 106 cm³/mol. The normalized spacial score (nSPS) is 24.7. The number of hydrogen-bond acceptors (Lipinski definition) is 6. The largest absolute Gasteiger partial charge is 0.490 e. The summed E-state index contributed by atoms with van der Waals surface area (Å²) in [6.07, 6.45) is 1.79. The summed E-state index contributed by atoms with van der Waals surface area (Å²) in [4.78, 5) is 14.9. The second kappa shape index (κ2) is 7.30. The summed E-state index contributed by atoms with van der Waals surface area (Å²) in [5.74, 6) is 0.751. The minimum atomic E-state index is -3.60. The first-order valence-corrected chi connectivity index (χ1v) is 11.5. The molecule has 29 heavy (non-hydrogen) atoms. The molecule has 0 aliphatic carbocycles. The monoisotopic (exact) mass is 419 g/mol. The molecule has 4 heterocycles. The summed E-state index contributed by atoms with van der Waals surface area (Å²) < 4.78 is 38.8. The summed E-state index contributed by atoms with van der Waals surface area (Å²) in [5.41, 5.74) is 2.82. The van der Waals surface area contributed by atoms with Gasteiger partial charge in [-0.25, -0.2) is 8.42 Å². The van der Waals surface area contributed by atoms with E-state index < -0.39 is 10.0 Å². The Morgan fingerprint density at radius 3 is 2.62 bits per heavy atom. The summed E-state index contributed by atoms with van der Waals surface area (Å²) >= 11 is 0. The fraction of sp³-hybridized carbons (Fsp3) is 0.550. The molecule has 5 rings (SSSR count). The van der Waals surface area contributed by atoms with Gasteiger partial charge in [0.1, 0.15) is 12.4 Å². The van der Waals surface area contributed by atoms with Crippen LogP contribution in [0.25, 0.3) is 0 Å². The highest BCUT2D eigenvalue weighted by molar-refractivity contribution is 7.89. The van der Waals surface area contributed by atoms with Gasteiger partial charge < -0.3 is 19.7 Å². The maximum atomic E-state index is 13.1. The van der Waals surface area contributed by atoms with Crippen molar-refractivity contribution < 1.29 is 22.7 Å². The molecule has 1 N–H and O–H groups in total. The van der Waals surface area contributed by atoms with Crippen LogP contribution in [0.5, 0.6) is 5.75 Å². The Morgan fingerprint density at radius 1 is 1.10 bits per heavy atom. The summed E-state index contributed by atoms with van der Waals surface area (Å²) in [5, 5.41) is 3.18. The van der Waals surface area contributed by atoms with E-state index in [1.54, 1.807) is 18.2 Å². The third-order valence-electron chi connectivity index (χ3n) is 6.08. The molecule has 4 aliphatic heterocycles. The Labute approximate surface area is 170 Å². The number of amides is 1. The van der Waals surface area contributed by atoms with Crippen LogP contribution in [0.3, 0.4) is 0 Å². The molecule has 8 nitrogen and oxygen atoms in total. The van der Waals surface area contributed by atoms with E-state index in [4.69, 9.17) is 9.47 Å². The minimum Gasteiger partial charge on any atom is -0.490 e. The van der Waals surface area contributed by atoms with Crippen molar-refractivity contribution in [2.75, 3.05) is 57.9 Å². The number of benzene rings is 1. The second-order valence-electron chi connectivity index (χ2n) is 8.02. The van der Waals surface area contributed by atoms with Crippen molar-refractivity contribution in [3.63, 3.8) is 0 Å². The van der Waals surface area contributed by atoms with Gasteiger partial charge in [0.15, 0.2) is 0 Å². The molecular formula is C20H25N3O5S. The Kier molecular flexibility index (Phi) is 4.76. The molecule has 0 spiro atoms.